The van der Waals surface area contributed by atoms with E-state index in [1.165, 1.54) is 11.0 Å². The summed E-state index contributed by atoms with van der Waals surface area (Å²) in [5, 5.41) is 15.5. The van der Waals surface area contributed by atoms with E-state index < -0.39 is 12.0 Å². The first-order chi connectivity index (χ1) is 10.2. The molecule has 7 nitrogen and oxygen atoms in total. The Labute approximate surface area is 120 Å². The third-order valence-corrected chi connectivity index (χ3v) is 3.20. The molecule has 0 bridgehead atoms. The predicted octanol–water partition coefficient (Wildman–Crippen LogP) is 0.665. The van der Waals surface area contributed by atoms with Crippen LogP contribution in [-0.4, -0.2) is 20.6 Å². The van der Waals surface area contributed by atoms with E-state index in [2.05, 4.69) is 14.8 Å². The molecular formula is C14H12N4O3. The number of nitrogens with zero attached hydrogens (tertiary/aromatic N) is 4. The minimum atomic E-state index is -0.754. The van der Waals surface area contributed by atoms with Crippen LogP contribution in [0.5, 0.6) is 5.95 Å². The van der Waals surface area contributed by atoms with Gasteiger partial charge in [-0.1, -0.05) is 18.2 Å². The second kappa shape index (κ2) is 5.20. The fourth-order valence-corrected chi connectivity index (χ4v) is 2.03. The second-order valence-electron chi connectivity index (χ2n) is 4.51. The van der Waals surface area contributed by atoms with E-state index in [1.54, 1.807) is 48.1 Å². The van der Waals surface area contributed by atoms with Gasteiger partial charge in [0.15, 0.2) is 5.95 Å². The number of imidazole rings is 1. The number of rotatable bonds is 4. The van der Waals surface area contributed by atoms with Gasteiger partial charge in [0.05, 0.1) is 11.6 Å². The highest BCUT2D eigenvalue weighted by atomic mass is 16.6. The molecule has 21 heavy (non-hydrogen) atoms. The molecule has 1 aromatic carbocycles. The minimum absolute atomic E-state index is 0.109. The molecule has 1 unspecified atom stereocenters. The van der Waals surface area contributed by atoms with Crippen molar-refractivity contribution in [2.75, 3.05) is 0 Å². The molecule has 106 valence electrons. The van der Waals surface area contributed by atoms with Gasteiger partial charge in [0.25, 0.3) is 5.78 Å². The molecule has 0 aliphatic heterocycles. The number of aromatic nitrogens is 4. The number of carbonyl (C=O) groups is 1. The lowest BCUT2D eigenvalue weighted by molar-refractivity contribution is -0.672. The third-order valence-electron chi connectivity index (χ3n) is 3.20. The van der Waals surface area contributed by atoms with E-state index in [0.29, 0.717) is 5.69 Å². The summed E-state index contributed by atoms with van der Waals surface area (Å²) < 4.78 is 7.49. The van der Waals surface area contributed by atoms with Crippen LogP contribution in [0.25, 0.3) is 5.69 Å². The van der Waals surface area contributed by atoms with Crippen molar-refractivity contribution in [1.29, 1.82) is 0 Å². The molecule has 0 fully saturated rings. The van der Waals surface area contributed by atoms with Crippen molar-refractivity contribution in [3.05, 3.63) is 54.7 Å². The van der Waals surface area contributed by atoms with E-state index in [0.717, 1.165) is 0 Å². The van der Waals surface area contributed by atoms with Gasteiger partial charge in [0.1, 0.15) is 6.04 Å². The number of para-hydroxylation sites is 1. The molecule has 3 aromatic rings. The van der Waals surface area contributed by atoms with Crippen LogP contribution in [0.4, 0.5) is 0 Å². The van der Waals surface area contributed by atoms with Gasteiger partial charge < -0.3 is 14.2 Å². The lowest BCUT2D eigenvalue weighted by atomic mass is 10.1. The fourth-order valence-electron chi connectivity index (χ4n) is 2.03. The molecule has 3 rings (SSSR count). The lowest BCUT2D eigenvalue weighted by Gasteiger charge is -2.09. The van der Waals surface area contributed by atoms with Crippen molar-refractivity contribution in [2.45, 2.75) is 13.0 Å². The van der Waals surface area contributed by atoms with Crippen molar-refractivity contribution in [3.8, 4) is 11.6 Å². The fraction of sp³-hybridized carbons (Fsp3) is 0.143. The summed E-state index contributed by atoms with van der Waals surface area (Å²) >= 11 is 0. The van der Waals surface area contributed by atoms with Crippen molar-refractivity contribution in [1.82, 2.24) is 14.8 Å². The lowest BCUT2D eigenvalue weighted by Crippen LogP contribution is -2.40. The molecule has 0 radical (unpaired) electrons. The zero-order valence-electron chi connectivity index (χ0n) is 11.2. The minimum Gasteiger partial charge on any atom is -0.539 e. The smallest absolute Gasteiger partial charge is 0.308 e. The number of hydrogen-bond donors (Lipinski definition) is 0. The molecule has 0 N–H and O–H groups in total. The molecule has 7 heteroatoms. The molecule has 2 heterocycles. The molecule has 0 aliphatic rings. The van der Waals surface area contributed by atoms with Crippen LogP contribution >= 0.6 is 0 Å². The molecule has 1 atom stereocenters. The Hall–Kier alpha value is -2.96. The number of carbonyl (C=O) groups excluding carboxylic acids is 1. The summed E-state index contributed by atoms with van der Waals surface area (Å²) in [4.78, 5) is 16.4. The summed E-state index contributed by atoms with van der Waals surface area (Å²) in [5.74, 6) is -1.14. The first-order valence-corrected chi connectivity index (χ1v) is 6.34. The Bertz CT molecular complexity index is 750. The SMILES string of the molecule is CC(C(=O)c1c([O-])on[n+]1-c1ccccc1)n1ccnc1. The van der Waals surface area contributed by atoms with Crippen molar-refractivity contribution < 1.29 is 19.1 Å². The van der Waals surface area contributed by atoms with E-state index in [-0.39, 0.29) is 11.5 Å². The van der Waals surface area contributed by atoms with Crippen LogP contribution in [0.1, 0.15) is 23.5 Å². The summed E-state index contributed by atoms with van der Waals surface area (Å²) in [7, 11) is 0. The molecule has 2 aromatic heterocycles. The van der Waals surface area contributed by atoms with E-state index >= 15 is 0 Å². The largest absolute Gasteiger partial charge is 0.539 e. The van der Waals surface area contributed by atoms with E-state index in [1.807, 2.05) is 6.07 Å². The Morgan fingerprint density at radius 1 is 1.38 bits per heavy atom. The molecular weight excluding hydrogens is 272 g/mol. The maximum absolute atomic E-state index is 12.5. The molecule has 0 saturated carbocycles. The first-order valence-electron chi connectivity index (χ1n) is 6.34. The van der Waals surface area contributed by atoms with Gasteiger partial charge >= 0.3 is 5.69 Å². The van der Waals surface area contributed by atoms with Gasteiger partial charge in [-0.25, -0.2) is 4.98 Å². The predicted molar refractivity (Wildman–Crippen MR) is 68.7 cm³/mol. The van der Waals surface area contributed by atoms with Crippen molar-refractivity contribution in [2.24, 2.45) is 0 Å². The Balaban J connectivity index is 2.03. The standard InChI is InChI=1S/C14H12N4O3/c1-10(17-8-7-15-9-17)13(19)12-14(20)21-16-18(12)11-5-3-2-4-6-11/h2-10H,1H3. The Morgan fingerprint density at radius 3 is 2.81 bits per heavy atom. The molecule has 0 spiro atoms. The highest BCUT2D eigenvalue weighted by molar-refractivity contribution is 5.97. The van der Waals surface area contributed by atoms with Gasteiger partial charge in [-0.15, -0.1) is 0 Å². The molecule has 0 saturated heterocycles. The van der Waals surface area contributed by atoms with Crippen LogP contribution in [-0.2, 0) is 0 Å². The number of hydrogen-bond acceptors (Lipinski definition) is 5. The van der Waals surface area contributed by atoms with Crippen LogP contribution in [0.3, 0.4) is 0 Å². The van der Waals surface area contributed by atoms with Crippen LogP contribution in [0.15, 0.2) is 53.6 Å². The van der Waals surface area contributed by atoms with E-state index in [9.17, 15) is 9.90 Å². The maximum Gasteiger partial charge on any atom is 0.308 e. The number of Topliss-reactive ketones (excluding diaryl/α,β-unsaturated/α-hetero) is 1. The summed E-state index contributed by atoms with van der Waals surface area (Å²) in [6, 6.07) is 8.30. The maximum atomic E-state index is 12.5. The molecule has 0 amide bonds. The summed E-state index contributed by atoms with van der Waals surface area (Å²) in [6.45, 7) is 1.69. The zero-order chi connectivity index (χ0) is 14.8. The quantitative estimate of drug-likeness (QED) is 0.519. The third kappa shape index (κ3) is 2.29. The monoisotopic (exact) mass is 284 g/mol. The van der Waals surface area contributed by atoms with Gasteiger partial charge in [-0.2, -0.15) is 0 Å². The van der Waals surface area contributed by atoms with Crippen LogP contribution in [0.2, 0.25) is 0 Å². The summed E-state index contributed by atoms with van der Waals surface area (Å²) in [5.41, 5.74) is 0.479. The Morgan fingerprint density at radius 2 is 2.14 bits per heavy atom. The second-order valence-corrected chi connectivity index (χ2v) is 4.51. The topological polar surface area (TPSA) is 87.9 Å². The van der Waals surface area contributed by atoms with Gasteiger partial charge in [-0.05, 0) is 11.6 Å². The van der Waals surface area contributed by atoms with Crippen LogP contribution < -0.4 is 9.79 Å². The average molecular weight is 284 g/mol. The van der Waals surface area contributed by atoms with Crippen molar-refractivity contribution in [3.63, 3.8) is 0 Å². The zero-order valence-corrected chi connectivity index (χ0v) is 11.2. The van der Waals surface area contributed by atoms with Gasteiger partial charge in [-0.3, -0.25) is 4.79 Å². The number of ketones is 1. The normalized spacial score (nSPS) is 12.2. The number of benzene rings is 1. The average Bonchev–Trinajstić information content (AvgIpc) is 3.16. The Kier molecular flexibility index (Phi) is 3.23. The highest BCUT2D eigenvalue weighted by Crippen LogP contribution is 2.18. The van der Waals surface area contributed by atoms with Gasteiger partial charge in [0, 0.05) is 24.5 Å². The first kappa shape index (κ1) is 13.0. The summed E-state index contributed by atoms with van der Waals surface area (Å²) in [6.07, 6.45) is 4.75. The van der Waals surface area contributed by atoms with E-state index in [4.69, 9.17) is 0 Å². The van der Waals surface area contributed by atoms with Gasteiger partial charge in [0.2, 0.25) is 5.69 Å². The van der Waals surface area contributed by atoms with Crippen molar-refractivity contribution >= 4 is 5.78 Å². The highest BCUT2D eigenvalue weighted by Gasteiger charge is 2.31. The molecule has 0 aliphatic carbocycles. The van der Waals surface area contributed by atoms with Crippen LogP contribution in [0, 0.1) is 0 Å².